The molecule has 0 bridgehead atoms. The van der Waals surface area contributed by atoms with Gasteiger partial charge < -0.3 is 10.8 Å². The number of hydrogen-bond acceptors (Lipinski definition) is 4. The maximum atomic E-state index is 9.85. The van der Waals surface area contributed by atoms with Crippen molar-refractivity contribution < 1.29 is 5.11 Å². The number of pyridine rings is 1. The third-order valence-corrected chi connectivity index (χ3v) is 3.18. The van der Waals surface area contributed by atoms with Crippen LogP contribution in [-0.4, -0.2) is 33.7 Å². The molecule has 0 atom stereocenters. The maximum absolute atomic E-state index is 9.85. The van der Waals surface area contributed by atoms with E-state index in [2.05, 4.69) is 9.88 Å². The molecule has 2 rings (SSSR count). The number of nitrogens with zero attached hydrogens (tertiary/aromatic N) is 2. The van der Waals surface area contributed by atoms with Crippen molar-refractivity contribution >= 4 is 5.82 Å². The van der Waals surface area contributed by atoms with Crippen LogP contribution in [0, 0.1) is 0 Å². The van der Waals surface area contributed by atoms with Crippen molar-refractivity contribution in [2.45, 2.75) is 31.9 Å². The van der Waals surface area contributed by atoms with Crippen molar-refractivity contribution in [1.82, 2.24) is 9.88 Å². The highest BCUT2D eigenvalue weighted by atomic mass is 16.3. The van der Waals surface area contributed by atoms with E-state index in [1.54, 1.807) is 6.20 Å². The van der Waals surface area contributed by atoms with Crippen LogP contribution in [0.4, 0.5) is 5.82 Å². The zero-order valence-electron chi connectivity index (χ0n) is 9.69. The first-order chi connectivity index (χ1) is 7.55. The van der Waals surface area contributed by atoms with E-state index in [9.17, 15) is 5.11 Å². The Balaban J connectivity index is 1.92. The van der Waals surface area contributed by atoms with Crippen LogP contribution in [0.3, 0.4) is 0 Å². The molecule has 1 saturated heterocycles. The highest BCUT2D eigenvalue weighted by Gasteiger charge is 2.26. The largest absolute Gasteiger partial charge is 0.390 e. The van der Waals surface area contributed by atoms with E-state index in [1.165, 1.54) is 5.56 Å². The zero-order chi connectivity index (χ0) is 11.6. The quantitative estimate of drug-likeness (QED) is 0.782. The minimum absolute atomic E-state index is 0.478. The molecule has 0 saturated carbocycles. The number of aromatic nitrogens is 1. The lowest BCUT2D eigenvalue weighted by Gasteiger charge is -2.35. The summed E-state index contributed by atoms with van der Waals surface area (Å²) < 4.78 is 0. The molecule has 4 heteroatoms. The van der Waals surface area contributed by atoms with Gasteiger partial charge in [-0.05, 0) is 37.5 Å². The van der Waals surface area contributed by atoms with Crippen LogP contribution in [-0.2, 0) is 6.54 Å². The minimum atomic E-state index is -0.478. The predicted molar refractivity (Wildman–Crippen MR) is 63.8 cm³/mol. The first-order valence-electron chi connectivity index (χ1n) is 5.70. The molecule has 0 aromatic carbocycles. The number of rotatable bonds is 2. The van der Waals surface area contributed by atoms with Crippen LogP contribution in [0.5, 0.6) is 0 Å². The summed E-state index contributed by atoms with van der Waals surface area (Å²) in [7, 11) is 0. The van der Waals surface area contributed by atoms with Crippen molar-refractivity contribution in [3.8, 4) is 0 Å². The molecule has 2 heterocycles. The van der Waals surface area contributed by atoms with Gasteiger partial charge in [-0.3, -0.25) is 4.90 Å². The van der Waals surface area contributed by atoms with E-state index < -0.39 is 5.60 Å². The molecule has 3 N–H and O–H groups in total. The van der Waals surface area contributed by atoms with Crippen LogP contribution in [0.15, 0.2) is 18.3 Å². The second kappa shape index (κ2) is 4.39. The molecule has 1 aliphatic heterocycles. The first kappa shape index (κ1) is 11.4. The lowest BCUT2D eigenvalue weighted by Crippen LogP contribution is -2.41. The smallest absolute Gasteiger partial charge is 0.123 e. The Labute approximate surface area is 96.1 Å². The number of likely N-dealkylation sites (tertiary alicyclic amines) is 1. The Hall–Kier alpha value is -1.13. The number of anilines is 1. The third-order valence-electron chi connectivity index (χ3n) is 3.18. The Bertz CT molecular complexity index is 355. The van der Waals surface area contributed by atoms with Crippen molar-refractivity contribution in [3.05, 3.63) is 23.9 Å². The van der Waals surface area contributed by atoms with Crippen molar-refractivity contribution in [2.24, 2.45) is 0 Å². The van der Waals surface area contributed by atoms with Crippen molar-refractivity contribution in [1.29, 1.82) is 0 Å². The molecule has 1 aromatic rings. The molecule has 1 fully saturated rings. The zero-order valence-corrected chi connectivity index (χ0v) is 9.69. The molecule has 0 aliphatic carbocycles. The number of nitrogen functional groups attached to an aromatic ring is 1. The Kier molecular flexibility index (Phi) is 3.12. The van der Waals surface area contributed by atoms with Gasteiger partial charge in [0.05, 0.1) is 5.60 Å². The monoisotopic (exact) mass is 221 g/mol. The number of nitrogens with two attached hydrogens (primary N) is 1. The van der Waals surface area contributed by atoms with E-state index in [4.69, 9.17) is 5.73 Å². The van der Waals surface area contributed by atoms with E-state index in [0.29, 0.717) is 5.82 Å². The fourth-order valence-corrected chi connectivity index (χ4v) is 2.04. The number of hydrogen-bond donors (Lipinski definition) is 2. The topological polar surface area (TPSA) is 62.4 Å². The van der Waals surface area contributed by atoms with Gasteiger partial charge >= 0.3 is 0 Å². The van der Waals surface area contributed by atoms with Gasteiger partial charge in [-0.15, -0.1) is 0 Å². The highest BCUT2D eigenvalue weighted by Crippen LogP contribution is 2.22. The average molecular weight is 221 g/mol. The van der Waals surface area contributed by atoms with Crippen LogP contribution in [0.25, 0.3) is 0 Å². The summed E-state index contributed by atoms with van der Waals surface area (Å²) in [5.74, 6) is 0.571. The van der Waals surface area contributed by atoms with Crippen LogP contribution >= 0.6 is 0 Å². The minimum Gasteiger partial charge on any atom is -0.390 e. The van der Waals surface area contributed by atoms with Gasteiger partial charge in [-0.25, -0.2) is 4.98 Å². The summed E-state index contributed by atoms with van der Waals surface area (Å²) in [5, 5.41) is 9.85. The maximum Gasteiger partial charge on any atom is 0.123 e. The molecule has 1 aliphatic rings. The van der Waals surface area contributed by atoms with Crippen LogP contribution in [0.1, 0.15) is 25.3 Å². The van der Waals surface area contributed by atoms with Gasteiger partial charge in [0.25, 0.3) is 0 Å². The van der Waals surface area contributed by atoms with Gasteiger partial charge in [-0.2, -0.15) is 0 Å². The molecule has 0 unspecified atom stereocenters. The average Bonchev–Trinajstić information content (AvgIpc) is 2.21. The predicted octanol–water partition coefficient (Wildman–Crippen LogP) is 1.01. The fraction of sp³-hybridized carbons (Fsp3) is 0.583. The van der Waals surface area contributed by atoms with Gasteiger partial charge in [0, 0.05) is 25.8 Å². The number of piperidine rings is 1. The molecular weight excluding hydrogens is 202 g/mol. The molecule has 16 heavy (non-hydrogen) atoms. The number of aliphatic hydroxyl groups is 1. The third kappa shape index (κ3) is 2.93. The molecular formula is C12H19N3O. The van der Waals surface area contributed by atoms with Crippen molar-refractivity contribution in [2.75, 3.05) is 18.8 Å². The summed E-state index contributed by atoms with van der Waals surface area (Å²) in [6.45, 7) is 4.68. The van der Waals surface area contributed by atoms with E-state index >= 15 is 0 Å². The second-order valence-electron chi connectivity index (χ2n) is 4.86. The lowest BCUT2D eigenvalue weighted by atomic mass is 9.93. The second-order valence-corrected chi connectivity index (χ2v) is 4.86. The Morgan fingerprint density at radius 3 is 2.81 bits per heavy atom. The van der Waals surface area contributed by atoms with Gasteiger partial charge in [0.2, 0.25) is 0 Å². The Morgan fingerprint density at radius 2 is 2.19 bits per heavy atom. The lowest BCUT2D eigenvalue weighted by molar-refractivity contribution is -0.00730. The first-order valence-corrected chi connectivity index (χ1v) is 5.70. The summed E-state index contributed by atoms with van der Waals surface area (Å²) in [5.41, 5.74) is 6.35. The molecule has 4 nitrogen and oxygen atoms in total. The standard InChI is InChI=1S/C12H19N3O/c1-12(16)3-6-15(7-4-12)9-10-2-5-14-11(13)8-10/h2,5,8,16H,3-4,6-7,9H2,1H3,(H2,13,14). The molecule has 0 amide bonds. The van der Waals surface area contributed by atoms with Crippen LogP contribution in [0.2, 0.25) is 0 Å². The van der Waals surface area contributed by atoms with Crippen LogP contribution < -0.4 is 5.73 Å². The summed E-state index contributed by atoms with van der Waals surface area (Å²) in [6.07, 6.45) is 3.42. The normalized spacial score (nSPS) is 20.9. The van der Waals surface area contributed by atoms with Gasteiger partial charge in [0.1, 0.15) is 5.82 Å². The highest BCUT2D eigenvalue weighted by molar-refractivity contribution is 5.31. The van der Waals surface area contributed by atoms with Gasteiger partial charge in [0.15, 0.2) is 0 Å². The SMILES string of the molecule is CC1(O)CCN(Cc2ccnc(N)c2)CC1. The Morgan fingerprint density at radius 1 is 1.50 bits per heavy atom. The van der Waals surface area contributed by atoms with E-state index in [0.717, 1.165) is 32.5 Å². The molecule has 0 radical (unpaired) electrons. The van der Waals surface area contributed by atoms with E-state index in [-0.39, 0.29) is 0 Å². The summed E-state index contributed by atoms with van der Waals surface area (Å²) in [4.78, 5) is 6.32. The van der Waals surface area contributed by atoms with E-state index in [1.807, 2.05) is 19.1 Å². The van der Waals surface area contributed by atoms with Crippen molar-refractivity contribution in [3.63, 3.8) is 0 Å². The summed E-state index contributed by atoms with van der Waals surface area (Å²) in [6, 6.07) is 3.90. The molecule has 88 valence electrons. The molecule has 0 spiro atoms. The van der Waals surface area contributed by atoms with Gasteiger partial charge in [-0.1, -0.05) is 0 Å². The summed E-state index contributed by atoms with van der Waals surface area (Å²) >= 11 is 0. The fourth-order valence-electron chi connectivity index (χ4n) is 2.04. The molecule has 1 aromatic heterocycles.